The van der Waals surface area contributed by atoms with Gasteiger partial charge in [0.15, 0.2) is 41.0 Å². The highest BCUT2D eigenvalue weighted by Crippen LogP contribution is 2.36. The van der Waals surface area contributed by atoms with E-state index in [1.807, 2.05) is 6.07 Å². The minimum Gasteiger partial charge on any atom is -0.491 e. The van der Waals surface area contributed by atoms with E-state index < -0.39 is 31.8 Å². The van der Waals surface area contributed by atoms with Crippen LogP contribution in [-0.2, 0) is 28.4 Å². The van der Waals surface area contributed by atoms with E-state index in [1.165, 1.54) is 11.0 Å². The second kappa shape index (κ2) is 17.6. The Morgan fingerprint density at radius 1 is 0.980 bits per heavy atom. The van der Waals surface area contributed by atoms with Crippen LogP contribution in [0, 0.1) is 12.7 Å². The van der Waals surface area contributed by atoms with Gasteiger partial charge >= 0.3 is 12.1 Å². The van der Waals surface area contributed by atoms with Crippen LogP contribution in [0.1, 0.15) is 92.9 Å². The lowest BCUT2D eigenvalue weighted by molar-refractivity contribution is 0.0577. The maximum Gasteiger partial charge on any atom is 0.416 e. The maximum atomic E-state index is 14.9. The standard InChI is InChI=1S/C35H49Cl2FN4O6SSi/c1-22-24(30(37)41-40-29(22)36)14-10-18-42(33(45)48-34(2,3)4)32-39-28(31(43)44)27(49-32)15-12-19-46-26-17-16-23(21-25(26)38)13-11-20-47-50(8,9)35(5,6)7/h16-17,21H,10-15,18-20H2,1-9H3,(H,43,44). The number of halogens is 3. The number of carboxylic acids is 1. The molecule has 3 rings (SSSR count). The van der Waals surface area contributed by atoms with Gasteiger partial charge in [-0.1, -0.05) is 50.0 Å². The Morgan fingerprint density at radius 3 is 2.26 bits per heavy atom. The molecule has 2 aromatic heterocycles. The van der Waals surface area contributed by atoms with E-state index in [1.54, 1.807) is 33.8 Å². The molecule has 0 unspecified atom stereocenters. The average Bonchev–Trinajstić information content (AvgIpc) is 3.42. The van der Waals surface area contributed by atoms with Crippen molar-refractivity contribution in [2.24, 2.45) is 0 Å². The van der Waals surface area contributed by atoms with Crippen LogP contribution in [0.4, 0.5) is 14.3 Å². The molecule has 0 aliphatic carbocycles. The fourth-order valence-electron chi connectivity index (χ4n) is 4.63. The number of amides is 1. The maximum absolute atomic E-state index is 14.9. The number of hydrogen-bond acceptors (Lipinski definition) is 9. The van der Waals surface area contributed by atoms with E-state index in [-0.39, 0.29) is 45.1 Å². The molecule has 1 N–H and O–H groups in total. The predicted octanol–water partition coefficient (Wildman–Crippen LogP) is 9.73. The number of aromatic nitrogens is 3. The molecule has 3 aromatic rings. The molecule has 1 amide bonds. The largest absolute Gasteiger partial charge is 0.491 e. The third-order valence-electron chi connectivity index (χ3n) is 8.46. The van der Waals surface area contributed by atoms with E-state index in [9.17, 15) is 19.1 Å². The lowest BCUT2D eigenvalue weighted by Gasteiger charge is -2.36. The van der Waals surface area contributed by atoms with Crippen LogP contribution in [0.15, 0.2) is 18.2 Å². The molecule has 0 fully saturated rings. The Morgan fingerprint density at radius 2 is 1.64 bits per heavy atom. The average molecular weight is 772 g/mol. The number of anilines is 1. The van der Waals surface area contributed by atoms with E-state index in [2.05, 4.69) is 49.0 Å². The van der Waals surface area contributed by atoms with Gasteiger partial charge in [-0.05, 0) is 113 Å². The summed E-state index contributed by atoms with van der Waals surface area (Å²) in [7, 11) is -1.82. The highest BCUT2D eigenvalue weighted by atomic mass is 35.5. The summed E-state index contributed by atoms with van der Waals surface area (Å²) in [6.07, 6.45) is 2.39. The van der Waals surface area contributed by atoms with Gasteiger partial charge in [0, 0.05) is 18.0 Å². The molecule has 0 aliphatic heterocycles. The van der Waals surface area contributed by atoms with Crippen molar-refractivity contribution in [3.8, 4) is 5.75 Å². The number of rotatable bonds is 16. The molecule has 50 heavy (non-hydrogen) atoms. The molecular formula is C35H49Cl2FN4O6SSi. The Bertz CT molecular complexity index is 1640. The molecule has 0 aliphatic rings. The number of aryl methyl sites for hydroxylation is 2. The fourth-order valence-corrected chi connectivity index (χ4v) is 7.26. The monoisotopic (exact) mass is 770 g/mol. The summed E-state index contributed by atoms with van der Waals surface area (Å²) in [4.78, 5) is 31.6. The smallest absolute Gasteiger partial charge is 0.416 e. The molecule has 276 valence electrons. The van der Waals surface area contributed by atoms with Crippen molar-refractivity contribution in [2.45, 2.75) is 111 Å². The summed E-state index contributed by atoms with van der Waals surface area (Å²) in [5, 5.41) is 18.4. The molecule has 0 spiro atoms. The number of nitrogens with zero attached hydrogens (tertiary/aromatic N) is 4. The fraction of sp³-hybridized carbons (Fsp3) is 0.571. The van der Waals surface area contributed by atoms with Crippen molar-refractivity contribution < 1.29 is 33.0 Å². The van der Waals surface area contributed by atoms with Crippen molar-refractivity contribution in [1.29, 1.82) is 0 Å². The summed E-state index contributed by atoms with van der Waals surface area (Å²) >= 11 is 13.5. The van der Waals surface area contributed by atoms with Gasteiger partial charge in [-0.3, -0.25) is 4.90 Å². The van der Waals surface area contributed by atoms with Gasteiger partial charge in [0.1, 0.15) is 5.60 Å². The zero-order chi connectivity index (χ0) is 37.4. The molecule has 2 heterocycles. The molecular weight excluding hydrogens is 722 g/mol. The first-order valence-corrected chi connectivity index (χ1v) is 21.1. The molecule has 1 aromatic carbocycles. The van der Waals surface area contributed by atoms with E-state index in [0.29, 0.717) is 54.7 Å². The van der Waals surface area contributed by atoms with Gasteiger partial charge in [-0.25, -0.2) is 19.0 Å². The zero-order valence-corrected chi connectivity index (χ0v) is 33.7. The summed E-state index contributed by atoms with van der Waals surface area (Å²) in [6.45, 7) is 19.0. The second-order valence-corrected chi connectivity index (χ2v) is 21.2. The van der Waals surface area contributed by atoms with Crippen molar-refractivity contribution in [3.05, 3.63) is 61.6 Å². The van der Waals surface area contributed by atoms with Gasteiger partial charge in [0.05, 0.1) is 6.61 Å². The highest BCUT2D eigenvalue weighted by Gasteiger charge is 2.36. The van der Waals surface area contributed by atoms with Crippen LogP contribution in [0.2, 0.25) is 28.4 Å². The molecule has 0 atom stereocenters. The quantitative estimate of drug-likeness (QED) is 0.112. The Labute approximate surface area is 309 Å². The number of ether oxygens (including phenoxy) is 2. The van der Waals surface area contributed by atoms with Crippen molar-refractivity contribution in [2.75, 3.05) is 24.7 Å². The number of thiazole rings is 1. The third-order valence-corrected chi connectivity index (χ3v) is 14.8. The third kappa shape index (κ3) is 11.9. The Hall–Kier alpha value is -2.84. The van der Waals surface area contributed by atoms with Gasteiger partial charge < -0.3 is 19.0 Å². The SMILES string of the molecule is Cc1c(Cl)nnc(Cl)c1CCCN(C(=O)OC(C)(C)C)c1nc(C(=O)O)c(CCCOc2ccc(CCCO[Si](C)(C)C(C)(C)C)cc2F)s1. The normalized spacial score (nSPS) is 12.2. The first-order valence-electron chi connectivity index (χ1n) is 16.7. The van der Waals surface area contributed by atoms with Crippen LogP contribution >= 0.6 is 34.5 Å². The number of hydrogen-bond donors (Lipinski definition) is 1. The number of aromatic carboxylic acids is 1. The van der Waals surface area contributed by atoms with E-state index >= 15 is 0 Å². The van der Waals surface area contributed by atoms with Gasteiger partial charge in [0.2, 0.25) is 0 Å². The molecule has 0 bridgehead atoms. The molecule has 0 radical (unpaired) electrons. The zero-order valence-electron chi connectivity index (χ0n) is 30.4. The molecule has 10 nitrogen and oxygen atoms in total. The van der Waals surface area contributed by atoms with Crippen molar-refractivity contribution >= 4 is 60.1 Å². The lowest BCUT2D eigenvalue weighted by atomic mass is 10.1. The van der Waals surface area contributed by atoms with Crippen LogP contribution in [0.3, 0.4) is 0 Å². The van der Waals surface area contributed by atoms with Gasteiger partial charge in [0.25, 0.3) is 0 Å². The Balaban J connectivity index is 1.63. The van der Waals surface area contributed by atoms with Crippen LogP contribution in [0.25, 0.3) is 0 Å². The molecule has 15 heteroatoms. The summed E-state index contributed by atoms with van der Waals surface area (Å²) in [6, 6.07) is 4.96. The minimum absolute atomic E-state index is 0.131. The second-order valence-electron chi connectivity index (χ2n) is 14.6. The number of benzene rings is 1. The van der Waals surface area contributed by atoms with Crippen molar-refractivity contribution in [3.63, 3.8) is 0 Å². The topological polar surface area (TPSA) is 124 Å². The number of carboxylic acid groups (broad SMARTS) is 1. The highest BCUT2D eigenvalue weighted by molar-refractivity contribution is 7.16. The number of carbonyl (C=O) groups excluding carboxylic acids is 1. The summed E-state index contributed by atoms with van der Waals surface area (Å²) in [5.74, 6) is -1.54. The Kier molecular flexibility index (Phi) is 14.6. The van der Waals surface area contributed by atoms with Crippen molar-refractivity contribution in [1.82, 2.24) is 15.2 Å². The van der Waals surface area contributed by atoms with E-state index in [0.717, 1.165) is 23.3 Å². The summed E-state index contributed by atoms with van der Waals surface area (Å²) in [5.41, 5.74) is 1.32. The van der Waals surface area contributed by atoms with Crippen LogP contribution in [0.5, 0.6) is 5.75 Å². The van der Waals surface area contributed by atoms with E-state index in [4.69, 9.17) is 37.1 Å². The van der Waals surface area contributed by atoms with Crippen LogP contribution < -0.4 is 9.64 Å². The number of carbonyl (C=O) groups is 2. The van der Waals surface area contributed by atoms with Crippen LogP contribution in [-0.4, -0.2) is 66.0 Å². The van der Waals surface area contributed by atoms with Gasteiger partial charge in [-0.15, -0.1) is 21.5 Å². The first-order chi connectivity index (χ1) is 23.2. The molecule has 0 saturated carbocycles. The lowest BCUT2D eigenvalue weighted by Crippen LogP contribution is -2.41. The summed E-state index contributed by atoms with van der Waals surface area (Å²) < 4.78 is 32.5. The molecule has 0 saturated heterocycles. The first kappa shape index (κ1) is 41.6. The minimum atomic E-state index is -1.82. The predicted molar refractivity (Wildman–Crippen MR) is 199 cm³/mol. The van der Waals surface area contributed by atoms with Gasteiger partial charge in [-0.2, -0.15) is 0 Å².